The second-order valence-electron chi connectivity index (χ2n) is 3.00. The van der Waals surface area contributed by atoms with Crippen LogP contribution in [-0.2, 0) is 6.42 Å². The first kappa shape index (κ1) is 9.46. The lowest BCUT2D eigenvalue weighted by molar-refractivity contribution is 0.946. The van der Waals surface area contributed by atoms with Crippen LogP contribution >= 0.6 is 11.8 Å². The zero-order valence-electron chi connectivity index (χ0n) is 7.58. The van der Waals surface area contributed by atoms with Gasteiger partial charge in [-0.15, -0.1) is 0 Å². The summed E-state index contributed by atoms with van der Waals surface area (Å²) in [6.45, 7) is 2.23. The molecule has 0 saturated heterocycles. The molecule has 0 fully saturated rings. The predicted octanol–water partition coefficient (Wildman–Crippen LogP) is 2.56. The van der Waals surface area contributed by atoms with Gasteiger partial charge in [-0.1, -0.05) is 19.1 Å². The fraction of sp³-hybridized carbons (Fsp3) is 0.400. The van der Waals surface area contributed by atoms with Gasteiger partial charge in [0, 0.05) is 10.9 Å². The summed E-state index contributed by atoms with van der Waals surface area (Å²) in [6, 6.07) is 8.11. The molecule has 0 radical (unpaired) electrons. The van der Waals surface area contributed by atoms with Crippen molar-refractivity contribution in [1.29, 1.82) is 0 Å². The van der Waals surface area contributed by atoms with Gasteiger partial charge in [0.05, 0.1) is 0 Å². The second kappa shape index (κ2) is 4.41. The molecule has 0 aliphatic rings. The second-order valence-corrected chi connectivity index (χ2v) is 4.27. The zero-order chi connectivity index (χ0) is 8.97. The molecule has 1 atom stereocenters. The minimum absolute atomic E-state index is 0.673. The van der Waals surface area contributed by atoms with Crippen molar-refractivity contribution < 1.29 is 0 Å². The molecule has 0 bridgehead atoms. The summed E-state index contributed by atoms with van der Waals surface area (Å²) in [6.07, 6.45) is 3.24. The Kier molecular flexibility index (Phi) is 3.48. The first-order valence-electron chi connectivity index (χ1n) is 4.09. The Morgan fingerprint density at radius 1 is 1.50 bits per heavy atom. The summed E-state index contributed by atoms with van der Waals surface area (Å²) in [5.74, 6) is 0. The third-order valence-corrected chi connectivity index (χ3v) is 2.85. The molecule has 0 aliphatic heterocycles. The van der Waals surface area contributed by atoms with Gasteiger partial charge in [0.15, 0.2) is 0 Å². The van der Waals surface area contributed by atoms with E-state index in [4.69, 9.17) is 5.73 Å². The molecule has 2 heteroatoms. The molecule has 1 rings (SSSR count). The Morgan fingerprint density at radius 2 is 2.25 bits per heavy atom. The van der Waals surface area contributed by atoms with E-state index in [9.17, 15) is 0 Å². The predicted molar refractivity (Wildman–Crippen MR) is 57.5 cm³/mol. The lowest BCUT2D eigenvalue weighted by Crippen LogP contribution is -2.00. The van der Waals surface area contributed by atoms with Crippen molar-refractivity contribution in [3.63, 3.8) is 0 Å². The Hall–Kier alpha value is -0.630. The third-order valence-electron chi connectivity index (χ3n) is 1.88. The highest BCUT2D eigenvalue weighted by Crippen LogP contribution is 2.14. The quantitative estimate of drug-likeness (QED) is 0.725. The highest BCUT2D eigenvalue weighted by Gasteiger charge is 2.00. The van der Waals surface area contributed by atoms with Gasteiger partial charge in [-0.3, -0.25) is 0 Å². The van der Waals surface area contributed by atoms with Gasteiger partial charge in [0.25, 0.3) is 0 Å². The highest BCUT2D eigenvalue weighted by molar-refractivity contribution is 7.99. The number of nitrogens with two attached hydrogens (primary N) is 1. The van der Waals surface area contributed by atoms with E-state index in [1.54, 1.807) is 0 Å². The van der Waals surface area contributed by atoms with Crippen LogP contribution in [0.5, 0.6) is 0 Å². The van der Waals surface area contributed by atoms with Crippen molar-refractivity contribution in [3.05, 3.63) is 29.8 Å². The van der Waals surface area contributed by atoms with E-state index in [1.807, 2.05) is 30.0 Å². The lowest BCUT2D eigenvalue weighted by atomic mass is 10.1. The van der Waals surface area contributed by atoms with Gasteiger partial charge < -0.3 is 5.73 Å². The molecule has 1 aromatic carbocycles. The first-order valence-corrected chi connectivity index (χ1v) is 5.38. The summed E-state index contributed by atoms with van der Waals surface area (Å²) in [5.41, 5.74) is 7.86. The molecule has 0 aliphatic carbocycles. The van der Waals surface area contributed by atoms with Crippen LogP contribution in [0.15, 0.2) is 24.3 Å². The van der Waals surface area contributed by atoms with E-state index >= 15 is 0 Å². The van der Waals surface area contributed by atoms with Crippen molar-refractivity contribution in [1.82, 2.24) is 0 Å². The van der Waals surface area contributed by atoms with Gasteiger partial charge in [-0.05, 0) is 30.4 Å². The summed E-state index contributed by atoms with van der Waals surface area (Å²) < 4.78 is 0. The number of rotatable bonds is 3. The maximum Gasteiger partial charge on any atom is 0.0316 e. The normalized spacial score (nSPS) is 12.8. The lowest BCUT2D eigenvalue weighted by Gasteiger charge is -2.07. The maximum atomic E-state index is 5.67. The molecule has 2 N–H and O–H groups in total. The SMILES string of the molecule is CSC(C)Cc1cccc(N)c1. The molecular formula is C10H15NS. The Bertz CT molecular complexity index is 247. The number of hydrogen-bond donors (Lipinski definition) is 1. The monoisotopic (exact) mass is 181 g/mol. The van der Waals surface area contributed by atoms with Crippen LogP contribution in [0.25, 0.3) is 0 Å². The van der Waals surface area contributed by atoms with Crippen LogP contribution in [0.2, 0.25) is 0 Å². The van der Waals surface area contributed by atoms with Crippen molar-refractivity contribution in [2.24, 2.45) is 0 Å². The largest absolute Gasteiger partial charge is 0.399 e. The molecular weight excluding hydrogens is 166 g/mol. The van der Waals surface area contributed by atoms with Gasteiger partial charge in [0.1, 0.15) is 0 Å². The van der Waals surface area contributed by atoms with Crippen LogP contribution in [-0.4, -0.2) is 11.5 Å². The Balaban J connectivity index is 2.63. The van der Waals surface area contributed by atoms with E-state index in [0.29, 0.717) is 5.25 Å². The van der Waals surface area contributed by atoms with E-state index in [1.165, 1.54) is 5.56 Å². The van der Waals surface area contributed by atoms with E-state index in [0.717, 1.165) is 12.1 Å². The van der Waals surface area contributed by atoms with Gasteiger partial charge >= 0.3 is 0 Å². The molecule has 1 unspecified atom stereocenters. The molecule has 1 nitrogen and oxygen atoms in total. The van der Waals surface area contributed by atoms with Gasteiger partial charge in [0.2, 0.25) is 0 Å². The molecule has 0 heterocycles. The first-order chi connectivity index (χ1) is 5.72. The van der Waals surface area contributed by atoms with Crippen LogP contribution in [0.4, 0.5) is 5.69 Å². The highest BCUT2D eigenvalue weighted by atomic mass is 32.2. The van der Waals surface area contributed by atoms with E-state index in [-0.39, 0.29) is 0 Å². The van der Waals surface area contributed by atoms with Crippen LogP contribution in [0, 0.1) is 0 Å². The number of nitrogen functional groups attached to an aromatic ring is 1. The minimum Gasteiger partial charge on any atom is -0.399 e. The molecule has 0 saturated carbocycles. The van der Waals surface area contributed by atoms with E-state index < -0.39 is 0 Å². The zero-order valence-corrected chi connectivity index (χ0v) is 8.40. The average molecular weight is 181 g/mol. The Morgan fingerprint density at radius 3 is 2.83 bits per heavy atom. The third kappa shape index (κ3) is 2.78. The average Bonchev–Trinajstić information content (AvgIpc) is 2.04. The van der Waals surface area contributed by atoms with Crippen molar-refractivity contribution in [3.8, 4) is 0 Å². The smallest absolute Gasteiger partial charge is 0.0316 e. The maximum absolute atomic E-state index is 5.67. The standard InChI is InChI=1S/C10H15NS/c1-8(12-2)6-9-4-3-5-10(11)7-9/h3-5,7-8H,6,11H2,1-2H3. The molecule has 66 valence electrons. The summed E-state index contributed by atoms with van der Waals surface area (Å²) in [4.78, 5) is 0. The fourth-order valence-corrected chi connectivity index (χ4v) is 1.49. The minimum atomic E-state index is 0.673. The topological polar surface area (TPSA) is 26.0 Å². The molecule has 0 amide bonds. The van der Waals surface area contributed by atoms with Crippen LogP contribution < -0.4 is 5.73 Å². The summed E-state index contributed by atoms with van der Waals surface area (Å²) >= 11 is 1.88. The fourth-order valence-electron chi connectivity index (χ4n) is 1.14. The molecule has 12 heavy (non-hydrogen) atoms. The number of thioether (sulfide) groups is 1. The summed E-state index contributed by atoms with van der Waals surface area (Å²) in [7, 11) is 0. The summed E-state index contributed by atoms with van der Waals surface area (Å²) in [5, 5.41) is 0.673. The van der Waals surface area contributed by atoms with Crippen LogP contribution in [0.3, 0.4) is 0 Å². The Labute approximate surface area is 78.4 Å². The van der Waals surface area contributed by atoms with Crippen molar-refractivity contribution >= 4 is 17.4 Å². The molecule has 1 aromatic rings. The number of anilines is 1. The van der Waals surface area contributed by atoms with Gasteiger partial charge in [-0.25, -0.2) is 0 Å². The number of hydrogen-bond acceptors (Lipinski definition) is 2. The van der Waals surface area contributed by atoms with Crippen molar-refractivity contribution in [2.75, 3.05) is 12.0 Å². The van der Waals surface area contributed by atoms with Crippen molar-refractivity contribution in [2.45, 2.75) is 18.6 Å². The van der Waals surface area contributed by atoms with Crippen LogP contribution in [0.1, 0.15) is 12.5 Å². The molecule has 0 spiro atoms. The number of benzene rings is 1. The van der Waals surface area contributed by atoms with Gasteiger partial charge in [-0.2, -0.15) is 11.8 Å². The molecule has 0 aromatic heterocycles. The van der Waals surface area contributed by atoms with E-state index in [2.05, 4.69) is 19.2 Å².